The number of piperidine rings is 3. The number of carbonyl (C=O) groups is 1. The normalized spacial score (nSPS) is 15.3. The Balaban J connectivity index is 0.000000133. The van der Waals surface area contributed by atoms with E-state index in [0.29, 0.717) is 31.0 Å². The summed E-state index contributed by atoms with van der Waals surface area (Å²) in [6, 6.07) is 31.9. The second-order valence-corrected chi connectivity index (χ2v) is 26.2. The molecule has 496 valence electrons. The highest BCUT2D eigenvalue weighted by Gasteiger charge is 2.28. The van der Waals surface area contributed by atoms with E-state index in [1.54, 1.807) is 14.0 Å². The van der Waals surface area contributed by atoms with Gasteiger partial charge in [-0.05, 0) is 139 Å². The van der Waals surface area contributed by atoms with E-state index in [1.165, 1.54) is 0 Å². The van der Waals surface area contributed by atoms with Gasteiger partial charge in [0.05, 0.1) is 72.0 Å². The molecular formula is C74H83N21O2. The Bertz CT molecular complexity index is 4390. The average Bonchev–Trinajstić information content (AvgIpc) is 1.93. The first kappa shape index (κ1) is 64.9. The lowest BCUT2D eigenvalue weighted by Crippen LogP contribution is -2.44. The second-order valence-electron chi connectivity index (χ2n) is 26.2. The van der Waals surface area contributed by atoms with E-state index in [2.05, 4.69) is 128 Å². The molecule has 10 aromatic heterocycles. The van der Waals surface area contributed by atoms with Gasteiger partial charge in [-0.15, -0.1) is 0 Å². The smallest absolute Gasteiger partial charge is 0.410 e. The third-order valence-corrected chi connectivity index (χ3v) is 17.7. The summed E-state index contributed by atoms with van der Waals surface area (Å²) in [5.41, 5.74) is 16.6. The van der Waals surface area contributed by atoms with E-state index in [1.807, 2.05) is 176 Å². The van der Waals surface area contributed by atoms with Crippen molar-refractivity contribution in [1.82, 2.24) is 99.1 Å². The fraction of sp³-hybridized carbons (Fsp3) is 0.324. The zero-order chi connectivity index (χ0) is 66.8. The molecule has 15 rings (SSSR count). The molecule has 1 atom stereocenters. The summed E-state index contributed by atoms with van der Waals surface area (Å²) in [6.45, 7) is 12.0. The predicted molar refractivity (Wildman–Crippen MR) is 377 cm³/mol. The first-order valence-corrected chi connectivity index (χ1v) is 33.3. The minimum Gasteiger partial charge on any atom is -0.444 e. The van der Waals surface area contributed by atoms with Gasteiger partial charge in [-0.25, -0.2) is 19.7 Å². The van der Waals surface area contributed by atoms with Crippen LogP contribution in [0.4, 0.5) is 10.6 Å². The molecule has 13 heterocycles. The first-order valence-electron chi connectivity index (χ1n) is 33.3. The molecule has 23 nitrogen and oxygen atoms in total. The molecule has 1 amide bonds. The van der Waals surface area contributed by atoms with Crippen LogP contribution in [0.25, 0.3) is 101 Å². The van der Waals surface area contributed by atoms with Gasteiger partial charge in [-0.1, -0.05) is 54.6 Å². The third-order valence-electron chi connectivity index (χ3n) is 17.7. The van der Waals surface area contributed by atoms with Crippen molar-refractivity contribution in [2.24, 2.45) is 34.1 Å². The van der Waals surface area contributed by atoms with Gasteiger partial charge in [-0.2, -0.15) is 30.6 Å². The SMILES string of the molecule is Cn1cc(-c2cccc(-c3ccc(-c4cnn(C5CCNCC5)c4)cn3)c2)cn1.Cn1cc(-c2cccc(-c3ccc(-c4cnn(C5CCNCC5)c4)cn3)n2)cn1.Cn1cc(-c2cccc(-c3ncc(-c4cnn(C)c4)c(NCC4CCCN(C(=O)OC(C)(C)C)C4)n3)c2)cn1. The number of carbonyl (C=O) groups excluding carboxylic acids is 1. The fourth-order valence-corrected chi connectivity index (χ4v) is 12.5. The summed E-state index contributed by atoms with van der Waals surface area (Å²) < 4.78 is 17.0. The largest absolute Gasteiger partial charge is 0.444 e. The molecule has 0 saturated carbocycles. The Hall–Kier alpha value is -10.8. The zero-order valence-electron chi connectivity index (χ0n) is 56.1. The number of nitrogens with zero attached hydrogens (tertiary/aromatic N) is 18. The predicted octanol–water partition coefficient (Wildman–Crippen LogP) is 12.3. The third kappa shape index (κ3) is 16.3. The number of aromatic nitrogens is 17. The molecule has 23 heteroatoms. The first-order chi connectivity index (χ1) is 47.2. The topological polar surface area (TPSA) is 237 Å². The number of hydrogen-bond donors (Lipinski definition) is 3. The van der Waals surface area contributed by atoms with Crippen LogP contribution in [0.5, 0.6) is 0 Å². The highest BCUT2D eigenvalue weighted by Crippen LogP contribution is 2.33. The van der Waals surface area contributed by atoms with E-state index >= 15 is 0 Å². The molecule has 0 aliphatic carbocycles. The van der Waals surface area contributed by atoms with Crippen LogP contribution in [-0.2, 0) is 32.9 Å². The van der Waals surface area contributed by atoms with Crippen LogP contribution in [0, 0.1) is 5.92 Å². The van der Waals surface area contributed by atoms with Crippen molar-refractivity contribution in [3.63, 3.8) is 0 Å². The van der Waals surface area contributed by atoms with Gasteiger partial charge in [0.15, 0.2) is 5.82 Å². The number of aryl methyl sites for hydroxylation is 4. The van der Waals surface area contributed by atoms with Gasteiger partial charge >= 0.3 is 6.09 Å². The number of benzene rings is 2. The number of anilines is 1. The minimum absolute atomic E-state index is 0.249. The van der Waals surface area contributed by atoms with Crippen LogP contribution in [0.15, 0.2) is 184 Å². The summed E-state index contributed by atoms with van der Waals surface area (Å²) in [4.78, 5) is 38.3. The van der Waals surface area contributed by atoms with Crippen LogP contribution in [0.2, 0.25) is 0 Å². The maximum atomic E-state index is 12.7. The van der Waals surface area contributed by atoms with E-state index in [4.69, 9.17) is 24.7 Å². The van der Waals surface area contributed by atoms with Crippen molar-refractivity contribution < 1.29 is 9.53 Å². The van der Waals surface area contributed by atoms with Gasteiger partial charge in [0.25, 0.3) is 0 Å². The quantitative estimate of drug-likeness (QED) is 0.0917. The molecular weight excluding hydrogens is 1210 g/mol. The second kappa shape index (κ2) is 29.5. The van der Waals surface area contributed by atoms with Crippen LogP contribution < -0.4 is 16.0 Å². The number of hydrogen-bond acceptors (Lipinski definition) is 16. The fourth-order valence-electron chi connectivity index (χ4n) is 12.5. The van der Waals surface area contributed by atoms with Gasteiger partial charge < -0.3 is 25.6 Å². The summed E-state index contributed by atoms with van der Waals surface area (Å²) in [5, 5.41) is 36.7. The Kier molecular flexibility index (Phi) is 19.7. The lowest BCUT2D eigenvalue weighted by molar-refractivity contribution is 0.0172. The number of amides is 1. The maximum absolute atomic E-state index is 12.7. The molecule has 2 aromatic carbocycles. The Morgan fingerprint density at radius 2 is 0.969 bits per heavy atom. The van der Waals surface area contributed by atoms with Crippen LogP contribution >= 0.6 is 0 Å². The molecule has 0 bridgehead atoms. The van der Waals surface area contributed by atoms with Crippen molar-refractivity contribution in [3.8, 4) is 101 Å². The molecule has 3 N–H and O–H groups in total. The van der Waals surface area contributed by atoms with Crippen molar-refractivity contribution in [2.45, 2.75) is 77.0 Å². The highest BCUT2D eigenvalue weighted by atomic mass is 16.6. The molecule has 97 heavy (non-hydrogen) atoms. The number of pyridine rings is 3. The molecule has 12 aromatic rings. The van der Waals surface area contributed by atoms with Crippen LogP contribution in [-0.4, -0.2) is 146 Å². The highest BCUT2D eigenvalue weighted by molar-refractivity contribution is 5.77. The molecule has 0 spiro atoms. The summed E-state index contributed by atoms with van der Waals surface area (Å²) in [5.74, 6) is 1.66. The van der Waals surface area contributed by atoms with Gasteiger partial charge in [-0.3, -0.25) is 38.1 Å². The van der Waals surface area contributed by atoms with Gasteiger partial charge in [0.2, 0.25) is 0 Å². The minimum atomic E-state index is -0.507. The number of likely N-dealkylation sites (tertiary alicyclic amines) is 1. The van der Waals surface area contributed by atoms with E-state index in [9.17, 15) is 4.79 Å². The van der Waals surface area contributed by atoms with Crippen molar-refractivity contribution >= 4 is 11.9 Å². The molecule has 3 fully saturated rings. The maximum Gasteiger partial charge on any atom is 0.410 e. The number of nitrogens with one attached hydrogen (secondary N) is 3. The summed E-state index contributed by atoms with van der Waals surface area (Å²) in [6.07, 6.45) is 35.4. The van der Waals surface area contributed by atoms with Gasteiger partial charge in [0.1, 0.15) is 11.4 Å². The average molecular weight is 1300 g/mol. The van der Waals surface area contributed by atoms with E-state index in [0.717, 1.165) is 172 Å². The van der Waals surface area contributed by atoms with Gasteiger partial charge in [0, 0.05) is 165 Å². The molecule has 3 saturated heterocycles. The molecule has 3 aliphatic rings. The standard InChI is InChI=1S/C29H36N8O2.C23H24N6.C22H23N7/c1-29(2,3)39-28(38)37-11-7-8-20(17-37)13-30-27-25(24-15-33-36(5)19-24)16-31-26(34-27)22-10-6-9-21(12-22)23-14-32-35(4)18-23;1-28-15-20(13-26-28)17-3-2-4-18(11-17)23-6-5-19(12-25-23)21-14-27-29(16-21)22-7-9-24-10-8-22;1-28-14-18(13-25-28)20-3-2-4-22(27-20)21-6-5-16(11-24-21)17-12-26-29(15-17)19-7-9-23-10-8-19/h6,9-10,12,14-16,18-20H,7-8,11,13,17H2,1-5H3,(H,30,31,34);2-6,11-16,22,24H,7-10H2,1H3;2-6,11-15,19,23H,7-10H2,1H3. The lowest BCUT2D eigenvalue weighted by Gasteiger charge is -2.34. The lowest BCUT2D eigenvalue weighted by atomic mass is 9.98. The van der Waals surface area contributed by atoms with Crippen LogP contribution in [0.3, 0.4) is 0 Å². The Labute approximate surface area is 565 Å². The Morgan fingerprint density at radius 1 is 0.474 bits per heavy atom. The Morgan fingerprint density at radius 3 is 1.52 bits per heavy atom. The summed E-state index contributed by atoms with van der Waals surface area (Å²) >= 11 is 0. The van der Waals surface area contributed by atoms with E-state index in [-0.39, 0.29) is 12.0 Å². The summed E-state index contributed by atoms with van der Waals surface area (Å²) in [7, 11) is 7.63. The monoisotopic (exact) mass is 1300 g/mol. The number of ether oxygens (including phenoxy) is 1. The number of rotatable bonds is 14. The molecule has 3 aliphatic heterocycles. The zero-order valence-corrected chi connectivity index (χ0v) is 56.1. The van der Waals surface area contributed by atoms with E-state index < -0.39 is 5.60 Å². The van der Waals surface area contributed by atoms with Crippen molar-refractivity contribution in [2.75, 3.05) is 51.1 Å². The van der Waals surface area contributed by atoms with Crippen molar-refractivity contribution in [1.29, 1.82) is 0 Å². The molecule has 1 unspecified atom stereocenters. The van der Waals surface area contributed by atoms with Crippen LogP contribution in [0.1, 0.15) is 71.4 Å². The van der Waals surface area contributed by atoms with Crippen molar-refractivity contribution in [3.05, 3.63) is 184 Å². The molecule has 0 radical (unpaired) electrons.